The summed E-state index contributed by atoms with van der Waals surface area (Å²) in [5.74, 6) is 1.34. The minimum atomic E-state index is 0.525. The van der Waals surface area contributed by atoms with E-state index in [0.717, 1.165) is 22.4 Å². The smallest absolute Gasteiger partial charge is 0.147 e. The molecule has 1 aliphatic carbocycles. The van der Waals surface area contributed by atoms with Crippen LogP contribution >= 0.6 is 27.5 Å². The first kappa shape index (κ1) is 15.0. The first-order valence-electron chi connectivity index (χ1n) is 7.41. The van der Waals surface area contributed by atoms with E-state index < -0.39 is 0 Å². The van der Waals surface area contributed by atoms with Crippen LogP contribution in [-0.2, 0) is 6.42 Å². The quantitative estimate of drug-likeness (QED) is 0.676. The highest BCUT2D eigenvalue weighted by molar-refractivity contribution is 9.10. The molecule has 4 heteroatoms. The van der Waals surface area contributed by atoms with E-state index in [0.29, 0.717) is 11.1 Å². The van der Waals surface area contributed by atoms with Crippen LogP contribution in [0.25, 0.3) is 0 Å². The minimum Gasteiger partial charge on any atom is -0.236 e. The van der Waals surface area contributed by atoms with Gasteiger partial charge in [0.05, 0.1) is 10.2 Å². The average molecular weight is 366 g/mol. The van der Waals surface area contributed by atoms with Gasteiger partial charge in [0.15, 0.2) is 0 Å². The summed E-state index contributed by atoms with van der Waals surface area (Å²) in [6, 6.07) is 8.50. The predicted octanol–water partition coefficient (Wildman–Crippen LogP) is 5.45. The number of aromatic nitrogens is 2. The second-order valence-electron chi connectivity index (χ2n) is 5.77. The van der Waals surface area contributed by atoms with Crippen molar-refractivity contribution in [3.63, 3.8) is 0 Å². The molecule has 0 bridgehead atoms. The fraction of sp³-hybridized carbons (Fsp3) is 0.412. The third-order valence-corrected chi connectivity index (χ3v) is 5.39. The van der Waals surface area contributed by atoms with Crippen molar-refractivity contribution in [1.29, 1.82) is 0 Å². The van der Waals surface area contributed by atoms with Crippen LogP contribution in [0.5, 0.6) is 0 Å². The zero-order chi connectivity index (χ0) is 14.8. The summed E-state index contributed by atoms with van der Waals surface area (Å²) in [7, 11) is 0. The molecule has 21 heavy (non-hydrogen) atoms. The van der Waals surface area contributed by atoms with Gasteiger partial charge in [0.1, 0.15) is 11.0 Å². The maximum atomic E-state index is 6.29. The summed E-state index contributed by atoms with van der Waals surface area (Å²) in [6.07, 6.45) is 5.71. The van der Waals surface area contributed by atoms with Gasteiger partial charge in [-0.1, -0.05) is 54.3 Å². The molecule has 0 amide bonds. The van der Waals surface area contributed by atoms with E-state index in [2.05, 4.69) is 52.1 Å². The standard InChI is InChI=1S/C17H18BrClN2/c1-11-6-8-12(9-7-11)10-14-20-16(13-4-2-3-5-13)15(18)17(19)21-14/h6-9,13H,2-5,10H2,1H3. The number of nitrogens with zero attached hydrogens (tertiary/aromatic N) is 2. The van der Waals surface area contributed by atoms with Crippen molar-refractivity contribution >= 4 is 27.5 Å². The van der Waals surface area contributed by atoms with Crippen molar-refractivity contribution in [3.05, 3.63) is 56.5 Å². The summed E-state index contributed by atoms with van der Waals surface area (Å²) in [4.78, 5) is 9.22. The van der Waals surface area contributed by atoms with Crippen molar-refractivity contribution in [3.8, 4) is 0 Å². The zero-order valence-electron chi connectivity index (χ0n) is 12.1. The van der Waals surface area contributed by atoms with E-state index in [1.807, 2.05) is 0 Å². The minimum absolute atomic E-state index is 0.525. The van der Waals surface area contributed by atoms with Crippen molar-refractivity contribution in [1.82, 2.24) is 9.97 Å². The summed E-state index contributed by atoms with van der Waals surface area (Å²) in [5, 5.41) is 0.536. The van der Waals surface area contributed by atoms with Crippen LogP contribution in [0.15, 0.2) is 28.7 Å². The molecule has 0 aliphatic heterocycles. The second-order valence-corrected chi connectivity index (χ2v) is 6.92. The molecule has 0 spiro atoms. The van der Waals surface area contributed by atoms with Crippen molar-refractivity contribution in [2.75, 3.05) is 0 Å². The number of halogens is 2. The average Bonchev–Trinajstić information content (AvgIpc) is 2.99. The fourth-order valence-electron chi connectivity index (χ4n) is 2.92. The molecule has 2 nitrogen and oxygen atoms in total. The lowest BCUT2D eigenvalue weighted by atomic mass is 10.0. The zero-order valence-corrected chi connectivity index (χ0v) is 14.4. The molecule has 1 fully saturated rings. The SMILES string of the molecule is Cc1ccc(Cc2nc(Cl)c(Br)c(C3CCCC3)n2)cc1. The van der Waals surface area contributed by atoms with Gasteiger partial charge in [0, 0.05) is 12.3 Å². The Morgan fingerprint density at radius 3 is 2.48 bits per heavy atom. The van der Waals surface area contributed by atoms with Crippen molar-refractivity contribution in [2.45, 2.75) is 44.9 Å². The highest BCUT2D eigenvalue weighted by Gasteiger charge is 2.23. The molecule has 0 N–H and O–H groups in total. The Bertz CT molecular complexity index is 634. The second kappa shape index (κ2) is 6.45. The molecule has 3 rings (SSSR count). The van der Waals surface area contributed by atoms with Crippen molar-refractivity contribution in [2.24, 2.45) is 0 Å². The third kappa shape index (κ3) is 3.46. The number of rotatable bonds is 3. The summed E-state index contributed by atoms with van der Waals surface area (Å²) in [5.41, 5.74) is 3.58. The molecule has 2 aromatic rings. The van der Waals surface area contributed by atoms with Crippen LogP contribution in [0.3, 0.4) is 0 Å². The first-order valence-corrected chi connectivity index (χ1v) is 8.58. The number of aryl methyl sites for hydroxylation is 1. The van der Waals surface area contributed by atoms with Gasteiger partial charge in [-0.2, -0.15) is 0 Å². The van der Waals surface area contributed by atoms with Crippen LogP contribution in [-0.4, -0.2) is 9.97 Å². The Labute approximate surface area is 139 Å². The molecular weight excluding hydrogens is 348 g/mol. The molecule has 1 aromatic carbocycles. The molecule has 0 saturated heterocycles. The largest absolute Gasteiger partial charge is 0.236 e. The van der Waals surface area contributed by atoms with E-state index >= 15 is 0 Å². The summed E-state index contributed by atoms with van der Waals surface area (Å²) < 4.78 is 0.878. The number of hydrogen-bond acceptors (Lipinski definition) is 2. The number of hydrogen-bond donors (Lipinski definition) is 0. The van der Waals surface area contributed by atoms with Crippen molar-refractivity contribution < 1.29 is 0 Å². The Balaban J connectivity index is 1.90. The van der Waals surface area contributed by atoms with Crippen LogP contribution in [0.4, 0.5) is 0 Å². The van der Waals surface area contributed by atoms with E-state index in [-0.39, 0.29) is 0 Å². The maximum absolute atomic E-state index is 6.29. The Hall–Kier alpha value is -0.930. The third-order valence-electron chi connectivity index (χ3n) is 4.11. The lowest BCUT2D eigenvalue weighted by molar-refractivity contribution is 0.681. The van der Waals surface area contributed by atoms with Crippen LogP contribution in [0.2, 0.25) is 5.15 Å². The van der Waals surface area contributed by atoms with Gasteiger partial charge in [-0.15, -0.1) is 0 Å². The van der Waals surface area contributed by atoms with Gasteiger partial charge in [0.25, 0.3) is 0 Å². The van der Waals surface area contributed by atoms with E-state index in [1.54, 1.807) is 0 Å². The van der Waals surface area contributed by atoms with Gasteiger partial charge in [-0.05, 0) is 41.3 Å². The van der Waals surface area contributed by atoms with E-state index in [9.17, 15) is 0 Å². The summed E-state index contributed by atoms with van der Waals surface area (Å²) in [6.45, 7) is 2.09. The number of benzene rings is 1. The highest BCUT2D eigenvalue weighted by atomic mass is 79.9. The van der Waals surface area contributed by atoms with E-state index in [4.69, 9.17) is 16.6 Å². The molecule has 0 radical (unpaired) electrons. The lowest BCUT2D eigenvalue weighted by Gasteiger charge is -2.13. The fourth-order valence-corrected chi connectivity index (χ4v) is 3.61. The maximum Gasteiger partial charge on any atom is 0.147 e. The molecule has 0 atom stereocenters. The molecule has 1 heterocycles. The highest BCUT2D eigenvalue weighted by Crippen LogP contribution is 2.38. The van der Waals surface area contributed by atoms with Gasteiger partial charge in [-0.25, -0.2) is 9.97 Å². The predicted molar refractivity (Wildman–Crippen MR) is 89.9 cm³/mol. The Morgan fingerprint density at radius 1 is 1.14 bits per heavy atom. The van der Waals surface area contributed by atoms with Crippen LogP contribution in [0.1, 0.15) is 54.2 Å². The Kier molecular flexibility index (Phi) is 4.60. The lowest BCUT2D eigenvalue weighted by Crippen LogP contribution is -2.05. The molecule has 110 valence electrons. The summed E-state index contributed by atoms with van der Waals surface area (Å²) >= 11 is 9.85. The molecule has 1 aliphatic rings. The van der Waals surface area contributed by atoms with E-state index in [1.165, 1.54) is 36.8 Å². The molecular formula is C17H18BrClN2. The van der Waals surface area contributed by atoms with Crippen LogP contribution in [0, 0.1) is 6.92 Å². The topological polar surface area (TPSA) is 25.8 Å². The normalized spacial score (nSPS) is 15.6. The molecule has 1 saturated carbocycles. The van der Waals surface area contributed by atoms with Gasteiger partial charge in [-0.3, -0.25) is 0 Å². The van der Waals surface area contributed by atoms with Gasteiger partial charge < -0.3 is 0 Å². The first-order chi connectivity index (χ1) is 10.1. The molecule has 1 aromatic heterocycles. The van der Waals surface area contributed by atoms with Gasteiger partial charge >= 0.3 is 0 Å². The molecule has 0 unspecified atom stereocenters. The van der Waals surface area contributed by atoms with Gasteiger partial charge in [0.2, 0.25) is 0 Å². The Morgan fingerprint density at radius 2 is 1.81 bits per heavy atom. The van der Waals surface area contributed by atoms with Crippen LogP contribution < -0.4 is 0 Å². The monoisotopic (exact) mass is 364 g/mol.